The predicted octanol–water partition coefficient (Wildman–Crippen LogP) is 6.22. The Morgan fingerprint density at radius 1 is 0.939 bits per heavy atom. The van der Waals surface area contributed by atoms with Gasteiger partial charge in [0.25, 0.3) is 0 Å². The summed E-state index contributed by atoms with van der Waals surface area (Å²) >= 11 is 0. The highest BCUT2D eigenvalue weighted by atomic mass is 32.2. The number of carbonyl (C=O) groups is 1. The average molecular weight is 698 g/mol. The lowest BCUT2D eigenvalue weighted by molar-refractivity contribution is -0.733. The zero-order valence-corrected chi connectivity index (χ0v) is 27.7. The minimum absolute atomic E-state index is 0.0460. The van der Waals surface area contributed by atoms with Crippen LogP contribution >= 0.6 is 0 Å². The third-order valence-corrected chi connectivity index (χ3v) is 11.8. The van der Waals surface area contributed by atoms with Crippen molar-refractivity contribution in [3.8, 4) is 11.3 Å². The van der Waals surface area contributed by atoms with Gasteiger partial charge in [-0.05, 0) is 78.7 Å². The number of sulfonamides is 1. The van der Waals surface area contributed by atoms with Gasteiger partial charge in [-0.1, -0.05) is 12.1 Å². The van der Waals surface area contributed by atoms with Gasteiger partial charge in [-0.15, -0.1) is 3.89 Å². The van der Waals surface area contributed by atoms with Crippen LogP contribution in [0.4, 0.5) is 28.2 Å². The summed E-state index contributed by atoms with van der Waals surface area (Å²) in [5, 5.41) is 2.84. The van der Waals surface area contributed by atoms with Crippen molar-refractivity contribution in [1.82, 2.24) is 20.2 Å². The third kappa shape index (κ3) is 7.17. The van der Waals surface area contributed by atoms with Crippen LogP contribution in [0.15, 0.2) is 90.1 Å². The number of pyridine rings is 2. The van der Waals surface area contributed by atoms with E-state index in [1.165, 1.54) is 24.3 Å². The summed E-state index contributed by atoms with van der Waals surface area (Å²) in [5.74, 6) is 0.0134. The summed E-state index contributed by atoms with van der Waals surface area (Å²) < 4.78 is 80.6. The van der Waals surface area contributed by atoms with Crippen LogP contribution in [0.5, 0.6) is 0 Å². The third-order valence-electron chi connectivity index (χ3n) is 9.38. The Balaban J connectivity index is 1.27. The molecule has 2 atom stereocenters. The summed E-state index contributed by atoms with van der Waals surface area (Å²) in [6.07, 6.45) is 0.0564. The molecule has 2 amide bonds. The molecule has 14 heteroatoms. The first-order valence-corrected chi connectivity index (χ1v) is 17.5. The standard InChI is InChI=1S/C35H36F4N6O3S/c1-25-3-2-20-45(25,49(47,48)31-10-8-30(36)9-11-31)34(46)41-23-27-21-32(28-4-6-29(7-5-28)35(37,38)39)42-33(22-27)44-18-16-43(17-19-44)24-26-12-14-40-15-13-26/h4-15,21-22,25H,2-3,16-20,23-24H2,1H3/p+1/t25-,45?/m1/s1. The second-order valence-electron chi connectivity index (χ2n) is 12.5. The molecule has 2 aliphatic rings. The largest absolute Gasteiger partial charge is 0.432 e. The average Bonchev–Trinajstić information content (AvgIpc) is 3.50. The van der Waals surface area contributed by atoms with Crippen molar-refractivity contribution in [2.24, 2.45) is 0 Å². The molecule has 4 aromatic rings. The number of nitrogens with one attached hydrogen (secondary N) is 1. The molecular formula is C35H37F4N6O3S+. The number of aromatic nitrogens is 2. The number of urea groups is 1. The summed E-state index contributed by atoms with van der Waals surface area (Å²) in [6.45, 7) is 5.30. The molecule has 4 heterocycles. The van der Waals surface area contributed by atoms with Gasteiger partial charge in [0, 0.05) is 70.1 Å². The molecule has 2 aromatic heterocycles. The number of hydrogen-bond donors (Lipinski definition) is 1. The van der Waals surface area contributed by atoms with Gasteiger partial charge in [0.05, 0.1) is 11.3 Å². The Morgan fingerprint density at radius 2 is 1.61 bits per heavy atom. The van der Waals surface area contributed by atoms with E-state index >= 15 is 0 Å². The number of hydrogen-bond acceptors (Lipinski definition) is 7. The van der Waals surface area contributed by atoms with Crippen molar-refractivity contribution < 1.29 is 34.7 Å². The van der Waals surface area contributed by atoms with E-state index in [2.05, 4.69) is 20.1 Å². The number of nitrogens with zero attached hydrogens (tertiary/aromatic N) is 5. The minimum atomic E-state index is -4.49. The van der Waals surface area contributed by atoms with E-state index in [9.17, 15) is 30.8 Å². The van der Waals surface area contributed by atoms with Crippen LogP contribution in [-0.4, -0.2) is 72.0 Å². The molecule has 6 rings (SSSR count). The van der Waals surface area contributed by atoms with Crippen molar-refractivity contribution in [2.45, 2.75) is 50.0 Å². The smallest absolute Gasteiger partial charge is 0.354 e. The highest BCUT2D eigenvalue weighted by molar-refractivity contribution is 7.86. The molecule has 1 unspecified atom stereocenters. The number of anilines is 1. The van der Waals surface area contributed by atoms with Crippen molar-refractivity contribution in [1.29, 1.82) is 0 Å². The van der Waals surface area contributed by atoms with E-state index in [4.69, 9.17) is 4.98 Å². The second kappa shape index (κ2) is 13.8. The molecule has 0 saturated carbocycles. The Kier molecular flexibility index (Phi) is 9.74. The maximum atomic E-state index is 14.0. The number of carbonyl (C=O) groups excluding carboxylic acids is 1. The lowest BCUT2D eigenvalue weighted by Crippen LogP contribution is -2.62. The number of quaternary nitrogens is 1. The van der Waals surface area contributed by atoms with E-state index in [0.717, 1.165) is 49.5 Å². The van der Waals surface area contributed by atoms with Crippen molar-refractivity contribution in [3.63, 3.8) is 0 Å². The Morgan fingerprint density at radius 3 is 2.22 bits per heavy atom. The number of rotatable bonds is 8. The second-order valence-corrected chi connectivity index (χ2v) is 14.6. The molecule has 0 bridgehead atoms. The number of benzene rings is 2. The van der Waals surface area contributed by atoms with Gasteiger partial charge in [0.15, 0.2) is 0 Å². The number of likely N-dealkylation sites (tertiary alicyclic amines) is 1. The molecule has 258 valence electrons. The van der Waals surface area contributed by atoms with Crippen molar-refractivity contribution >= 4 is 21.9 Å². The van der Waals surface area contributed by atoms with Gasteiger partial charge < -0.3 is 10.2 Å². The van der Waals surface area contributed by atoms with E-state index in [1.807, 2.05) is 18.2 Å². The minimum Gasteiger partial charge on any atom is -0.354 e. The van der Waals surface area contributed by atoms with Crippen LogP contribution in [0.3, 0.4) is 0 Å². The first kappa shape index (κ1) is 34.5. The van der Waals surface area contributed by atoms with Crippen LogP contribution in [0.25, 0.3) is 11.3 Å². The molecule has 2 fully saturated rings. The maximum Gasteiger partial charge on any atom is 0.432 e. The monoisotopic (exact) mass is 697 g/mol. The van der Waals surface area contributed by atoms with Crippen LogP contribution in [0.1, 0.15) is 36.5 Å². The van der Waals surface area contributed by atoms with Crippen LogP contribution in [0.2, 0.25) is 0 Å². The maximum absolute atomic E-state index is 14.0. The van der Waals surface area contributed by atoms with Crippen LogP contribution in [-0.2, 0) is 29.3 Å². The van der Waals surface area contributed by atoms with Crippen LogP contribution < -0.4 is 10.2 Å². The summed E-state index contributed by atoms with van der Waals surface area (Å²) in [5.41, 5.74) is 1.87. The summed E-state index contributed by atoms with van der Waals surface area (Å²) in [7, 11) is -4.25. The number of halogens is 4. The Labute approximate surface area is 282 Å². The van der Waals surface area contributed by atoms with E-state index in [0.29, 0.717) is 48.6 Å². The quantitative estimate of drug-likeness (QED) is 0.173. The summed E-state index contributed by atoms with van der Waals surface area (Å²) in [4.78, 5) is 27.1. The fraction of sp³-hybridized carbons (Fsp3) is 0.343. The van der Waals surface area contributed by atoms with Gasteiger partial charge >= 0.3 is 22.2 Å². The summed E-state index contributed by atoms with van der Waals surface area (Å²) in [6, 6.07) is 15.4. The number of amides is 2. The first-order valence-electron chi connectivity index (χ1n) is 16.1. The fourth-order valence-electron chi connectivity index (χ4n) is 6.62. The molecule has 2 aromatic carbocycles. The van der Waals surface area contributed by atoms with Gasteiger partial charge in [-0.25, -0.2) is 14.2 Å². The Hall–Kier alpha value is -4.40. The highest BCUT2D eigenvalue weighted by Crippen LogP contribution is 2.36. The molecule has 2 saturated heterocycles. The highest BCUT2D eigenvalue weighted by Gasteiger charge is 2.56. The molecule has 9 nitrogen and oxygen atoms in total. The Bertz CT molecular complexity index is 1890. The SMILES string of the molecule is C[C@@H]1CCC[N+]1(C(=O)NCc1cc(-c2ccc(C(F)(F)F)cc2)nc(N2CCN(Cc3ccncc3)CC2)c1)S(=O)(=O)c1ccc(F)cc1. The molecule has 2 aliphatic heterocycles. The lowest BCUT2D eigenvalue weighted by Gasteiger charge is -2.36. The normalized spacial score (nSPS) is 20.3. The molecule has 49 heavy (non-hydrogen) atoms. The zero-order chi connectivity index (χ0) is 34.8. The van der Waals surface area contributed by atoms with Crippen molar-refractivity contribution in [2.75, 3.05) is 37.6 Å². The number of piperazine rings is 1. The van der Waals surface area contributed by atoms with Crippen LogP contribution in [0, 0.1) is 5.82 Å². The van der Waals surface area contributed by atoms with Gasteiger partial charge in [-0.2, -0.15) is 21.6 Å². The van der Waals surface area contributed by atoms with Crippen molar-refractivity contribution in [3.05, 3.63) is 108 Å². The van der Waals surface area contributed by atoms with E-state index in [1.54, 1.807) is 25.4 Å². The molecular weight excluding hydrogens is 660 g/mol. The molecule has 0 aliphatic carbocycles. The fourth-order valence-corrected chi connectivity index (χ4v) is 8.71. The van der Waals surface area contributed by atoms with E-state index < -0.39 is 43.5 Å². The first-order chi connectivity index (χ1) is 23.4. The molecule has 0 radical (unpaired) electrons. The van der Waals surface area contributed by atoms with Gasteiger partial charge in [0.2, 0.25) is 0 Å². The number of alkyl halides is 3. The lowest BCUT2D eigenvalue weighted by atomic mass is 10.1. The van der Waals surface area contributed by atoms with E-state index in [-0.39, 0.29) is 18.0 Å². The molecule has 1 N–H and O–H groups in total. The topological polar surface area (TPSA) is 95.5 Å². The van der Waals surface area contributed by atoms with Gasteiger partial charge in [-0.3, -0.25) is 9.88 Å². The predicted molar refractivity (Wildman–Crippen MR) is 176 cm³/mol. The molecule has 0 spiro atoms. The van der Waals surface area contributed by atoms with Gasteiger partial charge in [0.1, 0.15) is 29.1 Å². The zero-order valence-electron chi connectivity index (χ0n) is 26.9.